The van der Waals surface area contributed by atoms with Gasteiger partial charge >= 0.3 is 11.9 Å². The van der Waals surface area contributed by atoms with Crippen LogP contribution in [0.4, 0.5) is 0 Å². The maximum absolute atomic E-state index is 11.0. The highest BCUT2D eigenvalue weighted by Crippen LogP contribution is 2.02. The van der Waals surface area contributed by atoms with Crippen molar-refractivity contribution in [1.82, 2.24) is 0 Å². The summed E-state index contributed by atoms with van der Waals surface area (Å²) in [6.45, 7) is 0. The molecule has 0 aliphatic carbocycles. The zero-order valence-electron chi connectivity index (χ0n) is 8.53. The second-order valence-corrected chi connectivity index (χ2v) is 2.38. The molecule has 0 N–H and O–H groups in total. The molecule has 5 heteroatoms. The molecule has 0 bridgehead atoms. The maximum Gasteiger partial charge on any atom is 0.372 e. The first kappa shape index (κ1) is 12.5. The largest absolute Gasteiger partial charge is 0.490 e. The first-order chi connectivity index (χ1) is 6.65. The summed E-state index contributed by atoms with van der Waals surface area (Å²) in [6, 6.07) is 0. The summed E-state index contributed by atoms with van der Waals surface area (Å²) in [5.74, 6) is -0.796. The van der Waals surface area contributed by atoms with Gasteiger partial charge in [0.25, 0.3) is 0 Å². The van der Waals surface area contributed by atoms with Gasteiger partial charge in [0.15, 0.2) is 5.76 Å². The summed E-state index contributed by atoms with van der Waals surface area (Å²) in [7, 11) is 3.93. The summed E-state index contributed by atoms with van der Waals surface area (Å²) in [6.07, 6.45) is 2.08. The van der Waals surface area contributed by atoms with E-state index < -0.39 is 5.97 Å². The number of hydrogen-bond acceptors (Lipinski definition) is 5. The first-order valence-electron chi connectivity index (χ1n) is 4.05. The fraction of sp³-hybridized carbons (Fsp3) is 0.556. The van der Waals surface area contributed by atoms with Gasteiger partial charge in [0.05, 0.1) is 21.3 Å². The minimum atomic E-state index is -0.558. The predicted molar refractivity (Wildman–Crippen MR) is 48.4 cm³/mol. The molecule has 0 radical (unpaired) electrons. The Morgan fingerprint density at radius 1 is 1.07 bits per heavy atom. The van der Waals surface area contributed by atoms with Gasteiger partial charge in [-0.25, -0.2) is 4.79 Å². The summed E-state index contributed by atoms with van der Waals surface area (Å²) >= 11 is 0. The van der Waals surface area contributed by atoms with Gasteiger partial charge in [-0.15, -0.1) is 0 Å². The highest BCUT2D eigenvalue weighted by atomic mass is 16.6. The predicted octanol–water partition coefficient (Wildman–Crippen LogP) is 0.643. The van der Waals surface area contributed by atoms with E-state index in [4.69, 9.17) is 4.74 Å². The number of rotatable bonds is 5. The summed E-state index contributed by atoms with van der Waals surface area (Å²) < 4.78 is 13.6. The highest BCUT2D eigenvalue weighted by molar-refractivity contribution is 5.86. The second-order valence-electron chi connectivity index (χ2n) is 2.38. The molecule has 80 valence electrons. The number of hydrogen-bond donors (Lipinski definition) is 0. The molecule has 0 amide bonds. The fourth-order valence-corrected chi connectivity index (χ4v) is 0.774. The molecule has 0 saturated heterocycles. The smallest absolute Gasteiger partial charge is 0.372 e. The molecule has 0 heterocycles. The molecule has 0 aromatic heterocycles. The van der Waals surface area contributed by atoms with Gasteiger partial charge in [0.1, 0.15) is 0 Å². The molecule has 0 rings (SSSR count). The minimum Gasteiger partial charge on any atom is -0.490 e. The Labute approximate surface area is 82.6 Å². The molecule has 0 spiro atoms. The van der Waals surface area contributed by atoms with Crippen molar-refractivity contribution >= 4 is 11.9 Å². The van der Waals surface area contributed by atoms with Gasteiger partial charge in [-0.05, 0) is 12.5 Å². The molecule has 0 aromatic rings. The average Bonchev–Trinajstić information content (AvgIpc) is 2.22. The third kappa shape index (κ3) is 4.49. The van der Waals surface area contributed by atoms with Gasteiger partial charge in [0.2, 0.25) is 0 Å². The van der Waals surface area contributed by atoms with E-state index in [1.54, 1.807) is 0 Å². The van der Waals surface area contributed by atoms with E-state index in [2.05, 4.69) is 9.47 Å². The van der Waals surface area contributed by atoms with Crippen molar-refractivity contribution in [1.29, 1.82) is 0 Å². The molecular weight excluding hydrogens is 188 g/mol. The van der Waals surface area contributed by atoms with Crippen molar-refractivity contribution in [3.8, 4) is 0 Å². The fourth-order valence-electron chi connectivity index (χ4n) is 0.774. The molecular formula is C9H14O5. The van der Waals surface area contributed by atoms with E-state index in [-0.39, 0.29) is 18.1 Å². The number of carbonyl (C=O) groups excluding carboxylic acids is 2. The van der Waals surface area contributed by atoms with Gasteiger partial charge in [-0.1, -0.05) is 0 Å². The quantitative estimate of drug-likeness (QED) is 0.372. The number of esters is 2. The number of carbonyl (C=O) groups is 2. The van der Waals surface area contributed by atoms with Gasteiger partial charge in [0, 0.05) is 6.42 Å². The van der Waals surface area contributed by atoms with Crippen molar-refractivity contribution in [2.45, 2.75) is 12.8 Å². The van der Waals surface area contributed by atoms with Crippen LogP contribution in [0.3, 0.4) is 0 Å². The van der Waals surface area contributed by atoms with Crippen LogP contribution in [0, 0.1) is 0 Å². The zero-order chi connectivity index (χ0) is 11.0. The molecule has 0 saturated carbocycles. The Morgan fingerprint density at radius 2 is 1.71 bits per heavy atom. The van der Waals surface area contributed by atoms with Crippen LogP contribution in [0.1, 0.15) is 12.8 Å². The third-order valence-electron chi connectivity index (χ3n) is 1.51. The van der Waals surface area contributed by atoms with Crippen molar-refractivity contribution in [2.75, 3.05) is 21.3 Å². The third-order valence-corrected chi connectivity index (χ3v) is 1.51. The molecule has 14 heavy (non-hydrogen) atoms. The Kier molecular flexibility index (Phi) is 6.19. The molecule has 0 aliphatic heterocycles. The lowest BCUT2D eigenvalue weighted by Crippen LogP contribution is -2.07. The number of allylic oxidation sites excluding steroid dienone is 1. The minimum absolute atomic E-state index is 0.0939. The van der Waals surface area contributed by atoms with Crippen LogP contribution in [0.5, 0.6) is 0 Å². The number of methoxy groups -OCH3 is 3. The van der Waals surface area contributed by atoms with Crippen LogP contribution in [0.2, 0.25) is 0 Å². The van der Waals surface area contributed by atoms with Crippen LogP contribution < -0.4 is 0 Å². The van der Waals surface area contributed by atoms with Gasteiger partial charge < -0.3 is 14.2 Å². The highest BCUT2D eigenvalue weighted by Gasteiger charge is 2.08. The second kappa shape index (κ2) is 6.94. The lowest BCUT2D eigenvalue weighted by Gasteiger charge is -2.02. The summed E-state index contributed by atoms with van der Waals surface area (Å²) in [5.41, 5.74) is 0. The molecule has 0 fully saturated rings. The summed E-state index contributed by atoms with van der Waals surface area (Å²) in [4.78, 5) is 21.7. The van der Waals surface area contributed by atoms with Crippen LogP contribution in [0.25, 0.3) is 0 Å². The normalized spacial score (nSPS) is 10.6. The van der Waals surface area contributed by atoms with E-state index >= 15 is 0 Å². The Hall–Kier alpha value is -1.52. The zero-order valence-corrected chi connectivity index (χ0v) is 8.53. The lowest BCUT2D eigenvalue weighted by molar-refractivity contribution is -0.141. The van der Waals surface area contributed by atoms with Crippen LogP contribution in [-0.4, -0.2) is 33.3 Å². The SMILES string of the molecule is COC(=O)CC/C=C(\OC)C(=O)OC. The van der Waals surface area contributed by atoms with Crippen molar-refractivity contribution < 1.29 is 23.8 Å². The van der Waals surface area contributed by atoms with Crippen LogP contribution >= 0.6 is 0 Å². The molecule has 0 unspecified atom stereocenters. The Balaban J connectivity index is 4.06. The standard InChI is InChI=1S/C9H14O5/c1-12-7(9(11)14-3)5-4-6-8(10)13-2/h5H,4,6H2,1-3H3/b7-5-. The van der Waals surface area contributed by atoms with Crippen molar-refractivity contribution in [2.24, 2.45) is 0 Å². The van der Waals surface area contributed by atoms with E-state index in [0.717, 1.165) is 0 Å². The lowest BCUT2D eigenvalue weighted by atomic mass is 10.3. The molecule has 0 atom stereocenters. The van der Waals surface area contributed by atoms with Crippen molar-refractivity contribution in [3.63, 3.8) is 0 Å². The number of ether oxygens (including phenoxy) is 3. The molecule has 5 nitrogen and oxygen atoms in total. The Morgan fingerprint density at radius 3 is 2.14 bits per heavy atom. The van der Waals surface area contributed by atoms with E-state index in [0.29, 0.717) is 6.42 Å². The van der Waals surface area contributed by atoms with Gasteiger partial charge in [-0.2, -0.15) is 0 Å². The van der Waals surface area contributed by atoms with E-state index in [1.165, 1.54) is 27.4 Å². The van der Waals surface area contributed by atoms with Gasteiger partial charge in [-0.3, -0.25) is 4.79 Å². The average molecular weight is 202 g/mol. The van der Waals surface area contributed by atoms with E-state index in [1.807, 2.05) is 0 Å². The maximum atomic E-state index is 11.0. The van der Waals surface area contributed by atoms with Crippen LogP contribution in [-0.2, 0) is 23.8 Å². The van der Waals surface area contributed by atoms with Crippen LogP contribution in [0.15, 0.2) is 11.8 Å². The van der Waals surface area contributed by atoms with Crippen molar-refractivity contribution in [3.05, 3.63) is 11.8 Å². The molecule has 0 aliphatic rings. The topological polar surface area (TPSA) is 61.8 Å². The first-order valence-corrected chi connectivity index (χ1v) is 4.05. The Bertz CT molecular complexity index is 231. The van der Waals surface area contributed by atoms with E-state index in [9.17, 15) is 9.59 Å². The molecule has 0 aromatic carbocycles. The monoisotopic (exact) mass is 202 g/mol. The summed E-state index contributed by atoms with van der Waals surface area (Å²) in [5, 5.41) is 0.